The molecule has 1 heterocycles. The number of aromatic nitrogens is 2. The van der Waals surface area contributed by atoms with Gasteiger partial charge in [0, 0.05) is 6.07 Å². The number of hydrogen-bond acceptors (Lipinski definition) is 4. The Morgan fingerprint density at radius 3 is 2.60 bits per heavy atom. The molecule has 0 spiro atoms. The molecule has 0 amide bonds. The Morgan fingerprint density at radius 2 is 2.05 bits per heavy atom. The quantitative estimate of drug-likeness (QED) is 0.886. The summed E-state index contributed by atoms with van der Waals surface area (Å²) in [6.45, 7) is 5.65. The van der Waals surface area contributed by atoms with Gasteiger partial charge in [0.15, 0.2) is 0 Å². The second-order valence-corrected chi connectivity index (χ2v) is 6.35. The number of H-pyrrole nitrogens is 1. The molecular formula is C13H17N3O3S. The van der Waals surface area contributed by atoms with Gasteiger partial charge >= 0.3 is 0 Å². The maximum Gasteiger partial charge on any atom is 0.263 e. The summed E-state index contributed by atoms with van der Waals surface area (Å²) in [4.78, 5) is 0.181. The van der Waals surface area contributed by atoms with E-state index < -0.39 is 10.0 Å². The van der Waals surface area contributed by atoms with Gasteiger partial charge in [-0.15, -0.1) is 0 Å². The van der Waals surface area contributed by atoms with Crippen molar-refractivity contribution in [2.75, 3.05) is 4.72 Å². The summed E-state index contributed by atoms with van der Waals surface area (Å²) in [5.41, 5.74) is 0.770. The number of aromatic amines is 1. The van der Waals surface area contributed by atoms with Crippen molar-refractivity contribution in [1.82, 2.24) is 10.2 Å². The van der Waals surface area contributed by atoms with Crippen LogP contribution in [0.3, 0.4) is 0 Å². The van der Waals surface area contributed by atoms with Crippen molar-refractivity contribution in [1.29, 1.82) is 0 Å². The largest absolute Gasteiger partial charge is 0.491 e. The number of anilines is 1. The van der Waals surface area contributed by atoms with Crippen LogP contribution in [0.4, 0.5) is 5.82 Å². The summed E-state index contributed by atoms with van der Waals surface area (Å²) < 4.78 is 32.4. The first kappa shape index (κ1) is 14.4. The molecule has 0 saturated heterocycles. The molecule has 6 nitrogen and oxygen atoms in total. The van der Waals surface area contributed by atoms with Crippen molar-refractivity contribution < 1.29 is 13.2 Å². The molecule has 0 aliphatic heterocycles. The van der Waals surface area contributed by atoms with Crippen molar-refractivity contribution in [3.63, 3.8) is 0 Å². The molecule has 2 N–H and O–H groups in total. The zero-order valence-corrected chi connectivity index (χ0v) is 12.4. The molecule has 0 bridgehead atoms. The van der Waals surface area contributed by atoms with E-state index in [4.69, 9.17) is 4.74 Å². The van der Waals surface area contributed by atoms with E-state index in [1.165, 1.54) is 12.3 Å². The minimum atomic E-state index is -3.63. The van der Waals surface area contributed by atoms with Crippen molar-refractivity contribution in [2.45, 2.75) is 31.8 Å². The number of nitrogens with zero attached hydrogens (tertiary/aromatic N) is 1. The minimum Gasteiger partial charge on any atom is -0.491 e. The van der Waals surface area contributed by atoms with Crippen molar-refractivity contribution in [2.24, 2.45) is 0 Å². The summed E-state index contributed by atoms with van der Waals surface area (Å²) in [7, 11) is -3.63. The normalized spacial score (nSPS) is 11.6. The Labute approximate surface area is 118 Å². The van der Waals surface area contributed by atoms with Crippen LogP contribution in [-0.2, 0) is 10.0 Å². The number of sulfonamides is 1. The highest BCUT2D eigenvalue weighted by atomic mass is 32.2. The van der Waals surface area contributed by atoms with Crippen LogP contribution in [0.25, 0.3) is 0 Å². The van der Waals surface area contributed by atoms with E-state index in [0.717, 1.165) is 5.56 Å². The van der Waals surface area contributed by atoms with Crippen LogP contribution >= 0.6 is 0 Å². The number of ether oxygens (including phenoxy) is 1. The van der Waals surface area contributed by atoms with Gasteiger partial charge in [-0.3, -0.25) is 9.82 Å². The van der Waals surface area contributed by atoms with Gasteiger partial charge < -0.3 is 4.74 Å². The SMILES string of the molecule is Cc1cc(S(=O)(=O)Nc2ccn[nH]2)ccc1OC(C)C. The highest BCUT2D eigenvalue weighted by Gasteiger charge is 2.16. The molecule has 0 atom stereocenters. The maximum atomic E-state index is 12.2. The van der Waals surface area contributed by atoms with Gasteiger partial charge in [-0.2, -0.15) is 5.10 Å². The number of nitrogens with one attached hydrogen (secondary N) is 2. The van der Waals surface area contributed by atoms with Crippen LogP contribution in [0.15, 0.2) is 35.4 Å². The van der Waals surface area contributed by atoms with E-state index >= 15 is 0 Å². The first-order chi connectivity index (χ1) is 9.38. The summed E-state index contributed by atoms with van der Waals surface area (Å²) in [5, 5.41) is 6.24. The Morgan fingerprint density at radius 1 is 1.30 bits per heavy atom. The average molecular weight is 295 g/mol. The first-order valence-electron chi connectivity index (χ1n) is 6.18. The second kappa shape index (κ2) is 5.54. The molecule has 108 valence electrons. The van der Waals surface area contributed by atoms with E-state index in [1.54, 1.807) is 18.2 Å². The average Bonchev–Trinajstić information content (AvgIpc) is 2.83. The molecule has 0 saturated carbocycles. The van der Waals surface area contributed by atoms with E-state index in [2.05, 4.69) is 14.9 Å². The molecule has 0 fully saturated rings. The summed E-state index contributed by atoms with van der Waals surface area (Å²) in [5.74, 6) is 1.01. The maximum absolute atomic E-state index is 12.2. The second-order valence-electron chi connectivity index (χ2n) is 4.67. The molecule has 0 aliphatic rings. The molecule has 1 aromatic carbocycles. The fraction of sp³-hybridized carbons (Fsp3) is 0.308. The lowest BCUT2D eigenvalue weighted by molar-refractivity contribution is 0.240. The topological polar surface area (TPSA) is 84.1 Å². The smallest absolute Gasteiger partial charge is 0.263 e. The summed E-state index contributed by atoms with van der Waals surface area (Å²) in [6, 6.07) is 6.30. The van der Waals surface area contributed by atoms with E-state index in [-0.39, 0.29) is 11.0 Å². The van der Waals surface area contributed by atoms with Crippen LogP contribution in [0.1, 0.15) is 19.4 Å². The van der Waals surface area contributed by atoms with E-state index in [0.29, 0.717) is 11.6 Å². The zero-order chi connectivity index (χ0) is 14.8. The third-order valence-corrected chi connectivity index (χ3v) is 3.93. The van der Waals surface area contributed by atoms with Crippen LogP contribution in [0.5, 0.6) is 5.75 Å². The molecule has 0 radical (unpaired) electrons. The predicted octanol–water partition coefficient (Wildman–Crippen LogP) is 2.31. The van der Waals surface area contributed by atoms with Crippen LogP contribution in [0.2, 0.25) is 0 Å². The molecule has 7 heteroatoms. The lowest BCUT2D eigenvalue weighted by Crippen LogP contribution is -2.14. The molecule has 0 aliphatic carbocycles. The van der Waals surface area contributed by atoms with E-state index in [1.807, 2.05) is 20.8 Å². The van der Waals surface area contributed by atoms with Crippen molar-refractivity contribution >= 4 is 15.8 Å². The fourth-order valence-corrected chi connectivity index (χ4v) is 2.79. The monoisotopic (exact) mass is 295 g/mol. The number of aryl methyl sites for hydroxylation is 1. The molecule has 0 unspecified atom stereocenters. The molecule has 1 aromatic heterocycles. The summed E-state index contributed by atoms with van der Waals surface area (Å²) >= 11 is 0. The molecule has 20 heavy (non-hydrogen) atoms. The van der Waals surface area contributed by atoms with E-state index in [9.17, 15) is 8.42 Å². The number of benzene rings is 1. The fourth-order valence-electron chi connectivity index (χ4n) is 1.69. The highest BCUT2D eigenvalue weighted by molar-refractivity contribution is 7.92. The van der Waals surface area contributed by atoms with Gasteiger partial charge in [0.1, 0.15) is 11.6 Å². The molecular weight excluding hydrogens is 278 g/mol. The van der Waals surface area contributed by atoms with Gasteiger partial charge in [-0.1, -0.05) is 0 Å². The summed E-state index contributed by atoms with van der Waals surface area (Å²) in [6.07, 6.45) is 1.52. The van der Waals surface area contributed by atoms with Gasteiger partial charge in [-0.05, 0) is 44.5 Å². The Kier molecular flexibility index (Phi) is 3.99. The molecule has 2 rings (SSSR count). The zero-order valence-electron chi connectivity index (χ0n) is 11.5. The first-order valence-corrected chi connectivity index (χ1v) is 7.66. The number of rotatable bonds is 5. The van der Waals surface area contributed by atoms with Gasteiger partial charge in [0.05, 0.1) is 17.2 Å². The van der Waals surface area contributed by atoms with Crippen LogP contribution in [0, 0.1) is 6.92 Å². The number of hydrogen-bond donors (Lipinski definition) is 2. The Balaban J connectivity index is 2.26. The standard InChI is InChI=1S/C13H17N3O3S/c1-9(2)19-12-5-4-11(8-10(12)3)20(17,18)16-13-6-7-14-15-13/h4-9H,1-3H3,(H2,14,15,16). The van der Waals surface area contributed by atoms with Crippen LogP contribution < -0.4 is 9.46 Å². The molecule has 2 aromatic rings. The Bertz CT molecular complexity index is 679. The predicted molar refractivity (Wildman–Crippen MR) is 76.3 cm³/mol. The van der Waals surface area contributed by atoms with Crippen LogP contribution in [-0.4, -0.2) is 24.7 Å². The van der Waals surface area contributed by atoms with Crippen molar-refractivity contribution in [3.05, 3.63) is 36.0 Å². The van der Waals surface area contributed by atoms with Gasteiger partial charge in [0.2, 0.25) is 0 Å². The lowest BCUT2D eigenvalue weighted by Gasteiger charge is -2.13. The van der Waals surface area contributed by atoms with Crippen molar-refractivity contribution in [3.8, 4) is 5.75 Å². The third kappa shape index (κ3) is 3.30. The van der Waals surface area contributed by atoms with Gasteiger partial charge in [0.25, 0.3) is 10.0 Å². The lowest BCUT2D eigenvalue weighted by atomic mass is 10.2. The third-order valence-electron chi connectivity index (χ3n) is 2.56. The van der Waals surface area contributed by atoms with Gasteiger partial charge in [-0.25, -0.2) is 8.42 Å². The highest BCUT2D eigenvalue weighted by Crippen LogP contribution is 2.23. The minimum absolute atomic E-state index is 0.0410. The Hall–Kier alpha value is -2.02.